The van der Waals surface area contributed by atoms with E-state index < -0.39 is 8.07 Å². The highest BCUT2D eigenvalue weighted by molar-refractivity contribution is 6.88. The van der Waals surface area contributed by atoms with E-state index in [4.69, 9.17) is 0 Å². The van der Waals surface area contributed by atoms with Crippen LogP contribution in [0, 0.1) is 0 Å². The topological polar surface area (TPSA) is 51.4 Å². The number of hydrogen-bond donors (Lipinski definition) is 2. The third kappa shape index (κ3) is 3.50. The summed E-state index contributed by atoms with van der Waals surface area (Å²) in [5.41, 5.74) is 4.34. The molecule has 4 rings (SSSR count). The van der Waals surface area contributed by atoms with Crippen LogP contribution in [0.3, 0.4) is 0 Å². The molecule has 1 aromatic carbocycles. The van der Waals surface area contributed by atoms with E-state index in [0.717, 1.165) is 32.5 Å². The first kappa shape index (κ1) is 20.5. The van der Waals surface area contributed by atoms with Gasteiger partial charge in [-0.1, -0.05) is 31.8 Å². The lowest BCUT2D eigenvalue weighted by atomic mass is 9.74. The Hall–Kier alpha value is -1.79. The summed E-state index contributed by atoms with van der Waals surface area (Å²) in [5.74, 6) is 0.470. The molecule has 1 aromatic heterocycles. The van der Waals surface area contributed by atoms with Crippen LogP contribution in [0.2, 0.25) is 19.6 Å². The van der Waals surface area contributed by atoms with Crippen molar-refractivity contribution in [3.63, 3.8) is 0 Å². The van der Waals surface area contributed by atoms with Crippen molar-refractivity contribution in [2.45, 2.75) is 64.3 Å². The van der Waals surface area contributed by atoms with Crippen molar-refractivity contribution in [2.75, 3.05) is 26.7 Å². The molecule has 0 spiro atoms. The van der Waals surface area contributed by atoms with Crippen molar-refractivity contribution >= 4 is 30.3 Å². The molecule has 6 heteroatoms. The van der Waals surface area contributed by atoms with E-state index in [1.54, 1.807) is 5.56 Å². The summed E-state index contributed by atoms with van der Waals surface area (Å²) in [5, 5.41) is 6.30. The standard InChI is InChI=1S/C23H36N4OSi/c1-7-27(8-2)23(28)24-15-12-17-16-10-9-11-19-21(16)18(13-20(17)26(3)14-15)22(25-19)29(4,5)6/h9-11,15,17,20,25H,7-8,12-14H2,1-6H3,(H,24,28)/t15-,17?,20+/m0/s1. The molecule has 1 fully saturated rings. The van der Waals surface area contributed by atoms with E-state index >= 15 is 0 Å². The zero-order valence-electron chi connectivity index (χ0n) is 18.8. The Balaban J connectivity index is 1.68. The summed E-state index contributed by atoms with van der Waals surface area (Å²) in [6, 6.07) is 7.55. The average molecular weight is 413 g/mol. The van der Waals surface area contributed by atoms with Crippen LogP contribution < -0.4 is 10.6 Å². The molecule has 3 atom stereocenters. The second-order valence-electron chi connectivity index (χ2n) is 9.87. The van der Waals surface area contributed by atoms with E-state index in [1.807, 2.05) is 18.7 Å². The molecular formula is C23H36N4OSi. The van der Waals surface area contributed by atoms with Crippen molar-refractivity contribution < 1.29 is 4.79 Å². The summed E-state index contributed by atoms with van der Waals surface area (Å²) in [6.07, 6.45) is 2.14. The highest BCUT2D eigenvalue weighted by Crippen LogP contribution is 2.43. The second-order valence-corrected chi connectivity index (χ2v) is 14.9. The van der Waals surface area contributed by atoms with Gasteiger partial charge < -0.3 is 20.1 Å². The number of nitrogens with zero attached hydrogens (tertiary/aromatic N) is 2. The number of urea groups is 1. The Labute approximate surface area is 175 Å². The number of carbonyl (C=O) groups is 1. The highest BCUT2D eigenvalue weighted by Gasteiger charge is 2.41. The van der Waals surface area contributed by atoms with Gasteiger partial charge in [0.2, 0.25) is 0 Å². The molecule has 158 valence electrons. The zero-order valence-corrected chi connectivity index (χ0v) is 19.8. The summed E-state index contributed by atoms with van der Waals surface area (Å²) in [6.45, 7) is 13.8. The average Bonchev–Trinajstić information content (AvgIpc) is 3.04. The van der Waals surface area contributed by atoms with Gasteiger partial charge in [-0.15, -0.1) is 0 Å². The fourth-order valence-electron chi connectivity index (χ4n) is 5.55. The number of amides is 2. The van der Waals surface area contributed by atoms with Crippen LogP contribution in [0.4, 0.5) is 4.79 Å². The molecule has 5 nitrogen and oxygen atoms in total. The first-order valence-corrected chi connectivity index (χ1v) is 14.6. The molecule has 0 saturated carbocycles. The molecule has 2 heterocycles. The molecular weight excluding hydrogens is 376 g/mol. The number of aromatic nitrogens is 1. The van der Waals surface area contributed by atoms with Crippen molar-refractivity contribution in [2.24, 2.45) is 0 Å². The number of rotatable bonds is 4. The third-order valence-electron chi connectivity index (χ3n) is 6.98. The number of nitrogens with one attached hydrogen (secondary N) is 2. The second kappa shape index (κ2) is 7.47. The molecule has 1 unspecified atom stereocenters. The molecule has 29 heavy (non-hydrogen) atoms. The van der Waals surface area contributed by atoms with Gasteiger partial charge in [0.15, 0.2) is 0 Å². The molecule has 2 N–H and O–H groups in total. The van der Waals surface area contributed by atoms with Gasteiger partial charge >= 0.3 is 6.03 Å². The van der Waals surface area contributed by atoms with Gasteiger partial charge in [-0.3, -0.25) is 0 Å². The summed E-state index contributed by atoms with van der Waals surface area (Å²) >= 11 is 0. The monoisotopic (exact) mass is 412 g/mol. The van der Waals surface area contributed by atoms with Gasteiger partial charge in [-0.2, -0.15) is 0 Å². The molecule has 1 saturated heterocycles. The van der Waals surface area contributed by atoms with Crippen LogP contribution in [0.5, 0.6) is 0 Å². The quantitative estimate of drug-likeness (QED) is 0.756. The number of fused-ring (bicyclic) bond motifs is 2. The Morgan fingerprint density at radius 1 is 1.28 bits per heavy atom. The Morgan fingerprint density at radius 3 is 2.66 bits per heavy atom. The number of carbonyl (C=O) groups excluding carboxylic acids is 1. The first-order chi connectivity index (χ1) is 13.7. The van der Waals surface area contributed by atoms with Crippen molar-refractivity contribution in [1.82, 2.24) is 20.1 Å². The van der Waals surface area contributed by atoms with Gasteiger partial charge in [-0.05, 0) is 50.9 Å². The third-order valence-corrected chi connectivity index (χ3v) is 8.91. The number of hydrogen-bond acceptors (Lipinski definition) is 2. The number of aromatic amines is 1. The Morgan fingerprint density at radius 2 is 2.00 bits per heavy atom. The SMILES string of the molecule is CCN(CC)C(=O)N[C@H]1CC2c3cccc4[nH]c([Si](C)(C)C)c(c34)C[C@H]2N(C)C1. The van der Waals surface area contributed by atoms with E-state index in [0.29, 0.717) is 12.0 Å². The van der Waals surface area contributed by atoms with E-state index in [-0.39, 0.29) is 12.1 Å². The summed E-state index contributed by atoms with van der Waals surface area (Å²) in [4.78, 5) is 20.8. The molecule has 2 aliphatic rings. The van der Waals surface area contributed by atoms with E-state index in [1.165, 1.54) is 21.8 Å². The van der Waals surface area contributed by atoms with Gasteiger partial charge in [0.25, 0.3) is 0 Å². The number of H-pyrrole nitrogens is 1. The normalized spacial score (nSPS) is 24.4. The van der Waals surface area contributed by atoms with Crippen LogP contribution in [-0.2, 0) is 6.42 Å². The number of piperidine rings is 1. The van der Waals surface area contributed by atoms with E-state index in [2.05, 4.69) is 60.1 Å². The zero-order chi connectivity index (χ0) is 20.9. The van der Waals surface area contributed by atoms with Crippen LogP contribution in [-0.4, -0.2) is 67.7 Å². The van der Waals surface area contributed by atoms with Gasteiger partial charge in [0.1, 0.15) is 0 Å². The van der Waals surface area contributed by atoms with Gasteiger partial charge in [0, 0.05) is 53.9 Å². The number of benzene rings is 1. The minimum atomic E-state index is -1.44. The molecule has 1 aliphatic carbocycles. The molecule has 1 aliphatic heterocycles. The Bertz CT molecular complexity index is 911. The van der Waals surface area contributed by atoms with Gasteiger partial charge in [-0.25, -0.2) is 4.79 Å². The van der Waals surface area contributed by atoms with E-state index in [9.17, 15) is 4.79 Å². The van der Waals surface area contributed by atoms with Crippen molar-refractivity contribution in [1.29, 1.82) is 0 Å². The fourth-order valence-corrected chi connectivity index (χ4v) is 7.19. The maximum atomic E-state index is 12.6. The van der Waals surface area contributed by atoms with Crippen molar-refractivity contribution in [3.8, 4) is 0 Å². The van der Waals surface area contributed by atoms with Crippen LogP contribution in [0.15, 0.2) is 18.2 Å². The molecule has 2 amide bonds. The summed E-state index contributed by atoms with van der Waals surface area (Å²) < 4.78 is 0. The summed E-state index contributed by atoms with van der Waals surface area (Å²) in [7, 11) is 0.793. The highest BCUT2D eigenvalue weighted by atomic mass is 28.3. The first-order valence-electron chi connectivity index (χ1n) is 11.1. The maximum absolute atomic E-state index is 12.6. The lowest BCUT2D eigenvalue weighted by Gasteiger charge is -2.46. The smallest absolute Gasteiger partial charge is 0.317 e. The molecule has 0 bridgehead atoms. The predicted molar refractivity (Wildman–Crippen MR) is 124 cm³/mol. The van der Waals surface area contributed by atoms with Crippen molar-refractivity contribution in [3.05, 3.63) is 29.3 Å². The predicted octanol–water partition coefficient (Wildman–Crippen LogP) is 3.48. The minimum absolute atomic E-state index is 0.0734. The maximum Gasteiger partial charge on any atom is 0.317 e. The largest absolute Gasteiger partial charge is 0.362 e. The van der Waals surface area contributed by atoms with Crippen LogP contribution in [0.1, 0.15) is 37.3 Å². The Kier molecular flexibility index (Phi) is 5.28. The molecule has 0 radical (unpaired) electrons. The number of likely N-dealkylation sites (tertiary alicyclic amines) is 1. The fraction of sp³-hybridized carbons (Fsp3) is 0.609. The minimum Gasteiger partial charge on any atom is -0.362 e. The molecule has 2 aromatic rings. The van der Waals surface area contributed by atoms with Gasteiger partial charge in [0.05, 0.1) is 8.07 Å². The lowest BCUT2D eigenvalue weighted by molar-refractivity contribution is 0.124. The lowest BCUT2D eigenvalue weighted by Crippen LogP contribution is -2.57. The van der Waals surface area contributed by atoms with Crippen LogP contribution >= 0.6 is 0 Å². The van der Waals surface area contributed by atoms with Crippen LogP contribution in [0.25, 0.3) is 10.9 Å². The number of likely N-dealkylation sites (N-methyl/N-ethyl adjacent to an activating group) is 1.